The molecule has 0 aromatic rings. The molecule has 0 radical (unpaired) electrons. The molecule has 0 aromatic carbocycles. The zero-order valence-corrected chi connectivity index (χ0v) is 6.48. The Morgan fingerprint density at radius 3 is 2.50 bits per heavy atom. The van der Waals surface area contributed by atoms with Gasteiger partial charge in [-0.3, -0.25) is 0 Å². The van der Waals surface area contributed by atoms with E-state index < -0.39 is 32.9 Å². The van der Waals surface area contributed by atoms with Crippen LogP contribution in [-0.4, -0.2) is 24.6 Å². The smallest absolute Gasteiger partial charge is 0.220 e. The van der Waals surface area contributed by atoms with Gasteiger partial charge >= 0.3 is 0 Å². The van der Waals surface area contributed by atoms with Crippen molar-refractivity contribution in [2.24, 2.45) is 0 Å². The van der Waals surface area contributed by atoms with Crippen LogP contribution in [0.4, 0.5) is 8.78 Å². The van der Waals surface area contributed by atoms with Crippen molar-refractivity contribution in [2.75, 3.05) is 0 Å². The Balaban J connectivity index is 3.27. The first-order valence-corrected chi connectivity index (χ1v) is 3.98. The summed E-state index contributed by atoms with van der Waals surface area (Å²) in [5.74, 6) is -2.35. The Hall–Kier alpha value is -1.17. The second kappa shape index (κ2) is 3.06. The van der Waals surface area contributed by atoms with E-state index in [1.807, 2.05) is 0 Å². The summed E-state index contributed by atoms with van der Waals surface area (Å²) < 4.78 is 45.5. The zero-order chi connectivity index (χ0) is 9.30. The maximum Gasteiger partial charge on any atom is 0.220 e. The molecule has 1 rings (SSSR count). The summed E-state index contributed by atoms with van der Waals surface area (Å²) in [6.07, 6.45) is -0.826. The van der Waals surface area contributed by atoms with Crippen LogP contribution in [0.2, 0.25) is 0 Å². The van der Waals surface area contributed by atoms with Crippen LogP contribution in [-0.2, 0) is 10.3 Å². The van der Waals surface area contributed by atoms with E-state index in [1.54, 1.807) is 0 Å². The van der Waals surface area contributed by atoms with Gasteiger partial charge in [-0.15, -0.1) is 0 Å². The highest BCUT2D eigenvalue weighted by Gasteiger charge is 2.25. The van der Waals surface area contributed by atoms with Gasteiger partial charge < -0.3 is 5.11 Å². The van der Waals surface area contributed by atoms with Crippen molar-refractivity contribution < 1.29 is 22.3 Å². The van der Waals surface area contributed by atoms with Crippen LogP contribution < -0.4 is 0 Å². The van der Waals surface area contributed by atoms with E-state index >= 15 is 0 Å². The molecule has 66 valence electrons. The first kappa shape index (κ1) is 8.92. The quantitative estimate of drug-likeness (QED) is 0.577. The van der Waals surface area contributed by atoms with Gasteiger partial charge in [0.25, 0.3) is 0 Å². The minimum absolute atomic E-state index is 0.672. The summed E-state index contributed by atoms with van der Waals surface area (Å²) in [4.78, 5) is -0.672. The van der Waals surface area contributed by atoms with Crippen LogP contribution in [0, 0.1) is 0 Å². The summed E-state index contributed by atoms with van der Waals surface area (Å²) in [6, 6.07) is 0. The fraction of sp³-hybridized carbons (Fsp3) is 0.167. The molecule has 0 aliphatic heterocycles. The predicted molar refractivity (Wildman–Crippen MR) is 38.7 cm³/mol. The molecule has 0 amide bonds. The van der Waals surface area contributed by atoms with Crippen LogP contribution in [0.15, 0.2) is 23.7 Å². The lowest BCUT2D eigenvalue weighted by Crippen LogP contribution is -2.20. The average Bonchev–Trinajstić information content (AvgIpc) is 2.00. The number of rotatable bonds is 0. The molecule has 1 atom stereocenters. The number of aliphatic hydroxyl groups is 1. The number of hydrogen-bond donors (Lipinski definition) is 1. The maximum atomic E-state index is 12.7. The Kier molecular flexibility index (Phi) is 2.27. The lowest BCUT2D eigenvalue weighted by molar-refractivity contribution is 0.293. The average molecular weight is 194 g/mol. The van der Waals surface area contributed by atoms with Gasteiger partial charge in [-0.05, 0) is 12.2 Å². The van der Waals surface area contributed by atoms with Crippen molar-refractivity contribution in [3.63, 3.8) is 0 Å². The molecule has 0 fully saturated rings. The largest absolute Gasteiger partial charge is 0.506 e. The third-order valence-electron chi connectivity index (χ3n) is 1.32. The van der Waals surface area contributed by atoms with E-state index in [0.29, 0.717) is 6.08 Å². The second-order valence-corrected chi connectivity index (χ2v) is 3.01. The molecule has 0 heterocycles. The summed E-state index contributed by atoms with van der Waals surface area (Å²) >= 11 is 0. The molecule has 1 N–H and O–H groups in total. The third-order valence-corrected chi connectivity index (χ3v) is 2.05. The van der Waals surface area contributed by atoms with Crippen molar-refractivity contribution in [1.29, 1.82) is 0 Å². The maximum absolute atomic E-state index is 12.7. The fourth-order valence-corrected chi connectivity index (χ4v) is 1.18. The van der Waals surface area contributed by atoms with E-state index in [0.717, 1.165) is 6.08 Å². The Labute approximate surface area is 68.2 Å². The summed E-state index contributed by atoms with van der Waals surface area (Å²) in [5.41, 5.74) is 0. The van der Waals surface area contributed by atoms with Gasteiger partial charge in [-0.2, -0.15) is 8.42 Å². The molecule has 1 aliphatic rings. The number of halogens is 2. The van der Waals surface area contributed by atoms with E-state index in [-0.39, 0.29) is 0 Å². The van der Waals surface area contributed by atoms with Crippen LogP contribution in [0.25, 0.3) is 0 Å². The fourth-order valence-electron chi connectivity index (χ4n) is 0.721. The van der Waals surface area contributed by atoms with Gasteiger partial charge in [-0.25, -0.2) is 8.78 Å². The number of allylic oxidation sites excluding steroid dienone is 4. The highest BCUT2D eigenvalue weighted by atomic mass is 32.2. The third kappa shape index (κ3) is 1.38. The van der Waals surface area contributed by atoms with Crippen LogP contribution in [0.5, 0.6) is 0 Å². The summed E-state index contributed by atoms with van der Waals surface area (Å²) in [5, 5.41) is 8.65. The van der Waals surface area contributed by atoms with Crippen molar-refractivity contribution >= 4 is 15.2 Å². The van der Waals surface area contributed by atoms with Gasteiger partial charge in [0.2, 0.25) is 10.3 Å². The topological polar surface area (TPSA) is 54.4 Å². The monoisotopic (exact) mass is 194 g/mol. The summed E-state index contributed by atoms with van der Waals surface area (Å²) in [6.45, 7) is 0. The van der Waals surface area contributed by atoms with E-state index in [4.69, 9.17) is 5.11 Å². The van der Waals surface area contributed by atoms with Crippen molar-refractivity contribution in [3.8, 4) is 0 Å². The van der Waals surface area contributed by atoms with Crippen LogP contribution in [0.1, 0.15) is 0 Å². The molecule has 0 saturated carbocycles. The van der Waals surface area contributed by atoms with E-state index in [1.165, 1.54) is 0 Å². The van der Waals surface area contributed by atoms with E-state index in [2.05, 4.69) is 0 Å². The van der Waals surface area contributed by atoms with Crippen LogP contribution >= 0.6 is 0 Å². The van der Waals surface area contributed by atoms with Crippen molar-refractivity contribution in [1.82, 2.24) is 0 Å². The molecule has 3 nitrogen and oxygen atoms in total. The Morgan fingerprint density at radius 2 is 2.00 bits per heavy atom. The molecule has 1 unspecified atom stereocenters. The highest BCUT2D eigenvalue weighted by Crippen LogP contribution is 2.18. The minimum Gasteiger partial charge on any atom is -0.506 e. The van der Waals surface area contributed by atoms with Gasteiger partial charge in [0.1, 0.15) is 4.86 Å². The van der Waals surface area contributed by atoms with Gasteiger partial charge in [0, 0.05) is 0 Å². The zero-order valence-electron chi connectivity index (χ0n) is 5.66. The number of hydrogen-bond acceptors (Lipinski definition) is 3. The normalized spacial score (nSPS) is 23.2. The van der Waals surface area contributed by atoms with E-state index in [9.17, 15) is 17.2 Å². The molecule has 12 heavy (non-hydrogen) atoms. The second-order valence-electron chi connectivity index (χ2n) is 2.07. The molecular formula is C6H4F2O3S. The predicted octanol–water partition coefficient (Wildman–Crippen LogP) is 0.685. The van der Waals surface area contributed by atoms with Crippen molar-refractivity contribution in [3.05, 3.63) is 23.7 Å². The Bertz CT molecular complexity index is 383. The van der Waals surface area contributed by atoms with Crippen LogP contribution in [0.3, 0.4) is 0 Å². The summed E-state index contributed by atoms with van der Waals surface area (Å²) in [7, 11) is -2.77. The minimum atomic E-state index is -2.77. The molecule has 0 bridgehead atoms. The Morgan fingerprint density at radius 1 is 1.42 bits per heavy atom. The number of aliphatic hydroxyl groups excluding tert-OH is 1. The molecule has 6 heteroatoms. The van der Waals surface area contributed by atoms with Gasteiger partial charge in [0.15, 0.2) is 17.8 Å². The number of alkyl halides is 1. The first-order valence-electron chi connectivity index (χ1n) is 2.91. The lowest BCUT2D eigenvalue weighted by atomic mass is 10.1. The van der Waals surface area contributed by atoms with Gasteiger partial charge in [-0.1, -0.05) is 0 Å². The molecule has 0 aromatic heterocycles. The SMILES string of the molecule is O=S(=O)=C1C=CC(F)=C(O)C1F. The molecular weight excluding hydrogens is 190 g/mol. The molecule has 1 aliphatic carbocycles. The standard InChI is InChI=1S/C6H4F2O3S/c7-3-1-2-4(12(10)11)5(8)6(3)9/h1-2,5,9H. The van der Waals surface area contributed by atoms with Crippen molar-refractivity contribution in [2.45, 2.75) is 6.17 Å². The van der Waals surface area contributed by atoms with Gasteiger partial charge in [0.05, 0.1) is 0 Å². The molecule has 0 saturated heterocycles. The molecule has 0 spiro atoms. The highest BCUT2D eigenvalue weighted by molar-refractivity contribution is 7.73. The first-order chi connectivity index (χ1) is 5.54. The lowest BCUT2D eigenvalue weighted by Gasteiger charge is -2.08.